The van der Waals surface area contributed by atoms with Crippen LogP contribution in [0, 0.1) is 0 Å². The normalized spacial score (nSPS) is 11.5. The van der Waals surface area contributed by atoms with Crippen molar-refractivity contribution in [2.75, 3.05) is 33.5 Å². The minimum Gasteiger partial charge on any atom is -0.493 e. The summed E-state index contributed by atoms with van der Waals surface area (Å²) in [6.45, 7) is 11.5. The molecule has 374 valence electrons. The van der Waals surface area contributed by atoms with Gasteiger partial charge in [-0.05, 0) is 31.8 Å². The van der Waals surface area contributed by atoms with Crippen molar-refractivity contribution < 1.29 is 28.5 Å². The van der Waals surface area contributed by atoms with Gasteiger partial charge in [-0.2, -0.15) is 0 Å². The van der Waals surface area contributed by atoms with Crippen LogP contribution in [-0.2, 0) is 9.53 Å². The summed E-state index contributed by atoms with van der Waals surface area (Å²) >= 11 is 0. The molecule has 0 amide bonds. The Morgan fingerprint density at radius 3 is 0.938 bits per heavy atom. The van der Waals surface area contributed by atoms with E-state index < -0.39 is 5.97 Å². The third-order valence-corrected chi connectivity index (χ3v) is 12.8. The van der Waals surface area contributed by atoms with E-state index in [1.807, 2.05) is 6.07 Å². The van der Waals surface area contributed by atoms with Gasteiger partial charge in [0.05, 0.1) is 39.1 Å². The highest BCUT2D eigenvalue weighted by Gasteiger charge is 2.23. The average Bonchev–Trinajstić information content (AvgIpc) is 3.30. The van der Waals surface area contributed by atoms with Crippen LogP contribution in [0.1, 0.15) is 290 Å². The monoisotopic (exact) mass is 899 g/mol. The molecule has 0 spiro atoms. The highest BCUT2D eigenvalue weighted by Crippen LogP contribution is 2.47. The number of carbonyl (C=O) groups excluding carboxylic acids is 1. The topological polar surface area (TPSA) is 63.2 Å². The van der Waals surface area contributed by atoms with Gasteiger partial charge in [-0.3, -0.25) is 0 Å². The smallest absolute Gasteiger partial charge is 0.330 e. The zero-order valence-corrected chi connectivity index (χ0v) is 43.3. The van der Waals surface area contributed by atoms with Crippen LogP contribution < -0.4 is 18.9 Å². The maximum Gasteiger partial charge on any atom is 0.330 e. The highest BCUT2D eigenvalue weighted by molar-refractivity contribution is 5.89. The van der Waals surface area contributed by atoms with Gasteiger partial charge in [-0.25, -0.2) is 4.79 Å². The quantitative estimate of drug-likeness (QED) is 0.0369. The van der Waals surface area contributed by atoms with Gasteiger partial charge in [-0.15, -0.1) is 0 Å². The van der Waals surface area contributed by atoms with E-state index in [-0.39, 0.29) is 0 Å². The van der Waals surface area contributed by atoms with Gasteiger partial charge in [-0.1, -0.05) is 259 Å². The molecule has 0 bridgehead atoms. The molecule has 0 aliphatic heterocycles. The summed E-state index contributed by atoms with van der Waals surface area (Å²) in [5, 5.41) is 0. The van der Waals surface area contributed by atoms with Crippen molar-refractivity contribution in [3.05, 3.63) is 17.7 Å². The summed E-state index contributed by atoms with van der Waals surface area (Å²) in [4.78, 5) is 12.5. The van der Waals surface area contributed by atoms with Crippen molar-refractivity contribution in [3.8, 4) is 23.0 Å². The molecule has 1 rings (SSSR count). The van der Waals surface area contributed by atoms with Gasteiger partial charge in [0.15, 0.2) is 11.5 Å². The third kappa shape index (κ3) is 34.9. The second-order valence-electron chi connectivity index (χ2n) is 18.9. The van der Waals surface area contributed by atoms with E-state index in [1.165, 1.54) is 219 Å². The molecule has 0 unspecified atom stereocenters. The SMILES string of the molecule is CCCCCCCCCCCCOc1cc(OCCCCCCCCCCCC)c(OCCCCCCCCCCCC)c(OCCCCCCCCCCCC)c1C=CC(=O)OC. The van der Waals surface area contributed by atoms with Crippen LogP contribution in [0.5, 0.6) is 23.0 Å². The largest absolute Gasteiger partial charge is 0.493 e. The Bertz CT molecular complexity index is 1180. The van der Waals surface area contributed by atoms with Crippen molar-refractivity contribution in [2.24, 2.45) is 0 Å². The molecule has 1 aromatic carbocycles. The van der Waals surface area contributed by atoms with Gasteiger partial charge in [0, 0.05) is 12.1 Å². The maximum absolute atomic E-state index is 12.5. The molecule has 0 heterocycles. The maximum atomic E-state index is 12.5. The first-order valence-electron chi connectivity index (χ1n) is 28.1. The van der Waals surface area contributed by atoms with E-state index in [0.29, 0.717) is 49.4 Å². The van der Waals surface area contributed by atoms with E-state index in [2.05, 4.69) is 27.7 Å². The number of unbranched alkanes of at least 4 members (excludes halogenated alkanes) is 36. The number of hydrogen-bond donors (Lipinski definition) is 0. The Hall–Kier alpha value is -2.37. The number of ether oxygens (including phenoxy) is 5. The van der Waals surface area contributed by atoms with Crippen LogP contribution >= 0.6 is 0 Å². The molecule has 0 aromatic heterocycles. The van der Waals surface area contributed by atoms with Crippen molar-refractivity contribution in [1.82, 2.24) is 0 Å². The summed E-state index contributed by atoms with van der Waals surface area (Å²) in [7, 11) is 1.42. The van der Waals surface area contributed by atoms with E-state index in [9.17, 15) is 4.79 Å². The minimum atomic E-state index is -0.407. The molecule has 64 heavy (non-hydrogen) atoms. The zero-order chi connectivity index (χ0) is 46.2. The predicted molar refractivity (Wildman–Crippen MR) is 277 cm³/mol. The van der Waals surface area contributed by atoms with Crippen LogP contribution in [0.25, 0.3) is 6.08 Å². The fourth-order valence-corrected chi connectivity index (χ4v) is 8.56. The summed E-state index contributed by atoms with van der Waals surface area (Å²) in [5.74, 6) is 2.23. The van der Waals surface area contributed by atoms with Crippen molar-refractivity contribution in [3.63, 3.8) is 0 Å². The summed E-state index contributed by atoms with van der Waals surface area (Å²) in [6.07, 6.45) is 54.2. The van der Waals surface area contributed by atoms with Gasteiger partial charge in [0.25, 0.3) is 0 Å². The van der Waals surface area contributed by atoms with Gasteiger partial charge >= 0.3 is 5.97 Å². The molecule has 0 N–H and O–H groups in total. The van der Waals surface area contributed by atoms with Crippen LogP contribution in [-0.4, -0.2) is 39.5 Å². The molecule has 6 nitrogen and oxygen atoms in total. The van der Waals surface area contributed by atoms with E-state index in [1.54, 1.807) is 6.08 Å². The lowest BCUT2D eigenvalue weighted by atomic mass is 10.1. The summed E-state index contributed by atoms with van der Waals surface area (Å²) in [6, 6.07) is 2.00. The Morgan fingerprint density at radius 1 is 0.359 bits per heavy atom. The van der Waals surface area contributed by atoms with E-state index in [4.69, 9.17) is 23.7 Å². The van der Waals surface area contributed by atoms with Crippen LogP contribution in [0.3, 0.4) is 0 Å². The zero-order valence-electron chi connectivity index (χ0n) is 43.3. The molecule has 0 saturated carbocycles. The number of benzene rings is 1. The number of hydrogen-bond acceptors (Lipinski definition) is 6. The lowest BCUT2D eigenvalue weighted by molar-refractivity contribution is -0.134. The Labute approximate surface area is 397 Å². The second-order valence-corrected chi connectivity index (χ2v) is 18.9. The first kappa shape index (κ1) is 59.6. The molecule has 0 atom stereocenters. The standard InChI is InChI=1S/C58H106O6/c1-6-10-14-18-22-26-30-34-38-42-48-61-54-52-55(62-49-43-39-35-31-27-23-19-15-11-7-2)58(64-51-45-41-37-33-29-25-21-17-13-9-4)57(53(54)46-47-56(59)60-5)63-50-44-40-36-32-28-24-20-16-12-8-3/h46-47,52H,6-45,48-51H2,1-5H3. The van der Waals surface area contributed by atoms with Crippen LogP contribution in [0.15, 0.2) is 12.1 Å². The van der Waals surface area contributed by atoms with Crippen LogP contribution in [0.4, 0.5) is 0 Å². The number of methoxy groups -OCH3 is 1. The average molecular weight is 899 g/mol. The second kappa shape index (κ2) is 47.1. The van der Waals surface area contributed by atoms with Gasteiger partial charge < -0.3 is 23.7 Å². The number of rotatable bonds is 50. The summed E-state index contributed by atoms with van der Waals surface area (Å²) in [5.41, 5.74) is 0.730. The van der Waals surface area contributed by atoms with Gasteiger partial charge in [0.1, 0.15) is 5.75 Å². The molecular weight excluding hydrogens is 793 g/mol. The summed E-state index contributed by atoms with van der Waals surface area (Å²) < 4.78 is 31.8. The van der Waals surface area contributed by atoms with Crippen molar-refractivity contribution in [2.45, 2.75) is 285 Å². The molecule has 0 aliphatic carbocycles. The lowest BCUT2D eigenvalue weighted by Gasteiger charge is -2.22. The van der Waals surface area contributed by atoms with E-state index in [0.717, 1.165) is 56.9 Å². The first-order valence-corrected chi connectivity index (χ1v) is 28.1. The third-order valence-electron chi connectivity index (χ3n) is 12.8. The highest BCUT2D eigenvalue weighted by atomic mass is 16.5. The predicted octanol–water partition coefficient (Wildman–Crippen LogP) is 19.1. The number of esters is 1. The molecule has 0 saturated heterocycles. The Morgan fingerprint density at radius 2 is 0.625 bits per heavy atom. The Balaban J connectivity index is 3.19. The fraction of sp³-hybridized carbons (Fsp3) is 0.845. The van der Waals surface area contributed by atoms with E-state index >= 15 is 0 Å². The minimum absolute atomic E-state index is 0.407. The lowest BCUT2D eigenvalue weighted by Crippen LogP contribution is -2.09. The molecular formula is C58H106O6. The van der Waals surface area contributed by atoms with Crippen molar-refractivity contribution >= 4 is 12.0 Å². The molecule has 0 radical (unpaired) electrons. The Kier molecular flexibility index (Phi) is 43.9. The molecule has 0 fully saturated rings. The molecule has 6 heteroatoms. The fourth-order valence-electron chi connectivity index (χ4n) is 8.56. The molecule has 0 aliphatic rings. The first-order chi connectivity index (χ1) is 31.6. The van der Waals surface area contributed by atoms with Gasteiger partial charge in [0.2, 0.25) is 5.75 Å². The molecule has 1 aromatic rings. The van der Waals surface area contributed by atoms with Crippen molar-refractivity contribution in [1.29, 1.82) is 0 Å². The number of carbonyl (C=O) groups is 1. The van der Waals surface area contributed by atoms with Crippen LogP contribution in [0.2, 0.25) is 0 Å².